The number of non-ortho nitro benzene ring substituents is 1. The summed E-state index contributed by atoms with van der Waals surface area (Å²) in [5, 5.41) is 21.7. The second-order valence-electron chi connectivity index (χ2n) is 5.37. The van der Waals surface area contributed by atoms with Gasteiger partial charge in [0.15, 0.2) is 5.52 Å². The molecule has 1 aliphatic carbocycles. The van der Waals surface area contributed by atoms with Gasteiger partial charge in [-0.1, -0.05) is 0 Å². The Morgan fingerprint density at radius 2 is 2.20 bits per heavy atom. The molecule has 0 amide bonds. The highest BCUT2D eigenvalue weighted by atomic mass is 16.6. The topological polar surface area (TPSA) is 120 Å². The number of nitro groups is 1. The molecule has 2 aromatic rings. The van der Waals surface area contributed by atoms with Crippen LogP contribution in [0.4, 0.5) is 11.4 Å². The summed E-state index contributed by atoms with van der Waals surface area (Å²) in [6, 6.07) is 3.03. The standard InChI is InChI=1S/C12H15N5O3/c1-12(6-13,7-2-3-7)14-8-4-5-9(17(18)19)11-10(8)15-20-16-11/h4-5,7,14H,2-3,6,13H2,1H3. The van der Waals surface area contributed by atoms with E-state index in [4.69, 9.17) is 5.73 Å². The Balaban J connectivity index is 2.02. The third-order valence-corrected chi connectivity index (χ3v) is 3.91. The maximum absolute atomic E-state index is 10.9. The van der Waals surface area contributed by atoms with Crippen LogP contribution in [0.25, 0.3) is 11.0 Å². The predicted molar refractivity (Wildman–Crippen MR) is 72.3 cm³/mol. The molecule has 0 bridgehead atoms. The minimum absolute atomic E-state index is 0.118. The van der Waals surface area contributed by atoms with Crippen LogP contribution in [0.1, 0.15) is 19.8 Å². The van der Waals surface area contributed by atoms with E-state index >= 15 is 0 Å². The maximum Gasteiger partial charge on any atom is 0.300 e. The highest BCUT2D eigenvalue weighted by Gasteiger charge is 2.41. The lowest BCUT2D eigenvalue weighted by atomic mass is 9.95. The zero-order chi connectivity index (χ0) is 14.3. The van der Waals surface area contributed by atoms with Crippen LogP contribution in [0.3, 0.4) is 0 Å². The Bertz CT molecular complexity index is 666. The maximum atomic E-state index is 10.9. The van der Waals surface area contributed by atoms with Crippen molar-refractivity contribution >= 4 is 22.4 Å². The molecule has 0 radical (unpaired) electrons. The number of nitrogens with one attached hydrogen (secondary N) is 1. The zero-order valence-electron chi connectivity index (χ0n) is 11.0. The molecule has 20 heavy (non-hydrogen) atoms. The Labute approximate surface area is 114 Å². The first-order chi connectivity index (χ1) is 9.55. The smallest absolute Gasteiger partial charge is 0.300 e. The molecule has 1 unspecified atom stereocenters. The van der Waals surface area contributed by atoms with Gasteiger partial charge in [0.2, 0.25) is 5.52 Å². The van der Waals surface area contributed by atoms with Crippen LogP contribution in [0, 0.1) is 16.0 Å². The fraction of sp³-hybridized carbons (Fsp3) is 0.500. The largest absolute Gasteiger partial charge is 0.376 e. The highest BCUT2D eigenvalue weighted by Crippen LogP contribution is 2.42. The summed E-state index contributed by atoms with van der Waals surface area (Å²) in [6.07, 6.45) is 2.27. The summed E-state index contributed by atoms with van der Waals surface area (Å²) in [5.74, 6) is 0.512. The fourth-order valence-corrected chi connectivity index (χ4v) is 2.45. The minimum Gasteiger partial charge on any atom is -0.376 e. The van der Waals surface area contributed by atoms with Gasteiger partial charge in [0.05, 0.1) is 10.6 Å². The molecule has 3 rings (SSSR count). The third kappa shape index (κ3) is 1.97. The lowest BCUT2D eigenvalue weighted by Crippen LogP contribution is -2.44. The van der Waals surface area contributed by atoms with Crippen molar-refractivity contribution in [2.45, 2.75) is 25.3 Å². The normalized spacial score (nSPS) is 17.9. The highest BCUT2D eigenvalue weighted by molar-refractivity contribution is 5.93. The summed E-state index contributed by atoms with van der Waals surface area (Å²) in [7, 11) is 0. The van der Waals surface area contributed by atoms with Crippen molar-refractivity contribution in [2.24, 2.45) is 11.7 Å². The van der Waals surface area contributed by atoms with Crippen molar-refractivity contribution in [2.75, 3.05) is 11.9 Å². The van der Waals surface area contributed by atoms with Crippen molar-refractivity contribution in [1.29, 1.82) is 0 Å². The van der Waals surface area contributed by atoms with E-state index < -0.39 is 4.92 Å². The van der Waals surface area contributed by atoms with Gasteiger partial charge in [0.1, 0.15) is 0 Å². The van der Waals surface area contributed by atoms with E-state index in [2.05, 4.69) is 20.3 Å². The quantitative estimate of drug-likeness (QED) is 0.629. The Morgan fingerprint density at radius 1 is 1.50 bits per heavy atom. The van der Waals surface area contributed by atoms with Crippen molar-refractivity contribution < 1.29 is 9.55 Å². The number of nitrogens with two attached hydrogens (primary N) is 1. The second-order valence-corrected chi connectivity index (χ2v) is 5.37. The fourth-order valence-electron chi connectivity index (χ4n) is 2.45. The van der Waals surface area contributed by atoms with Crippen LogP contribution < -0.4 is 11.1 Å². The van der Waals surface area contributed by atoms with Crippen molar-refractivity contribution in [3.05, 3.63) is 22.2 Å². The number of rotatable bonds is 5. The first-order valence-corrected chi connectivity index (χ1v) is 6.43. The molecule has 106 valence electrons. The third-order valence-electron chi connectivity index (χ3n) is 3.91. The van der Waals surface area contributed by atoms with Crippen LogP contribution >= 0.6 is 0 Å². The van der Waals surface area contributed by atoms with Gasteiger partial charge in [0.25, 0.3) is 0 Å². The Hall–Kier alpha value is -2.22. The van der Waals surface area contributed by atoms with Gasteiger partial charge in [-0.15, -0.1) is 0 Å². The molecule has 0 saturated heterocycles. The van der Waals surface area contributed by atoms with Crippen LogP contribution in [-0.2, 0) is 0 Å². The van der Waals surface area contributed by atoms with Gasteiger partial charge in [-0.25, -0.2) is 4.63 Å². The van der Waals surface area contributed by atoms with E-state index in [1.54, 1.807) is 6.07 Å². The van der Waals surface area contributed by atoms with Crippen LogP contribution in [0.15, 0.2) is 16.8 Å². The summed E-state index contributed by atoms with van der Waals surface area (Å²) >= 11 is 0. The number of nitrogens with zero attached hydrogens (tertiary/aromatic N) is 3. The Kier molecular flexibility index (Phi) is 2.82. The molecule has 8 nitrogen and oxygen atoms in total. The Morgan fingerprint density at radius 3 is 2.80 bits per heavy atom. The molecule has 8 heteroatoms. The molecule has 1 aromatic heterocycles. The van der Waals surface area contributed by atoms with E-state index in [1.165, 1.54) is 6.07 Å². The summed E-state index contributed by atoms with van der Waals surface area (Å²) in [6.45, 7) is 2.52. The first kappa shape index (κ1) is 12.8. The lowest BCUT2D eigenvalue weighted by Gasteiger charge is -2.30. The summed E-state index contributed by atoms with van der Waals surface area (Å²) in [5.41, 5.74) is 6.67. The molecule has 1 aromatic carbocycles. The molecule has 0 aliphatic heterocycles. The van der Waals surface area contributed by atoms with Gasteiger partial charge in [-0.3, -0.25) is 10.1 Å². The molecule has 1 atom stereocenters. The number of hydrogen-bond donors (Lipinski definition) is 2. The zero-order valence-corrected chi connectivity index (χ0v) is 11.0. The van der Waals surface area contributed by atoms with Crippen molar-refractivity contribution in [1.82, 2.24) is 10.3 Å². The summed E-state index contributed by atoms with van der Waals surface area (Å²) < 4.78 is 4.64. The van der Waals surface area contributed by atoms with Crippen molar-refractivity contribution in [3.8, 4) is 0 Å². The number of hydrogen-bond acceptors (Lipinski definition) is 7. The van der Waals surface area contributed by atoms with Gasteiger partial charge in [-0.05, 0) is 42.1 Å². The minimum atomic E-state index is -0.501. The number of anilines is 1. The molecular weight excluding hydrogens is 262 g/mol. The van der Waals surface area contributed by atoms with Gasteiger partial charge in [-0.2, -0.15) is 0 Å². The molecular formula is C12H15N5O3. The predicted octanol–water partition coefficient (Wildman–Crippen LogP) is 1.67. The number of nitro benzene ring substituents is 1. The van der Waals surface area contributed by atoms with Crippen LogP contribution in [0.5, 0.6) is 0 Å². The first-order valence-electron chi connectivity index (χ1n) is 6.43. The van der Waals surface area contributed by atoms with E-state index in [-0.39, 0.29) is 16.7 Å². The molecule has 1 fully saturated rings. The van der Waals surface area contributed by atoms with Gasteiger partial charge < -0.3 is 11.1 Å². The van der Waals surface area contributed by atoms with Gasteiger partial charge in [0, 0.05) is 18.2 Å². The average molecular weight is 277 g/mol. The van der Waals surface area contributed by atoms with E-state index in [0.717, 1.165) is 12.8 Å². The van der Waals surface area contributed by atoms with E-state index in [0.29, 0.717) is 23.7 Å². The van der Waals surface area contributed by atoms with Crippen molar-refractivity contribution in [3.63, 3.8) is 0 Å². The number of aromatic nitrogens is 2. The molecule has 3 N–H and O–H groups in total. The molecule has 1 aliphatic rings. The van der Waals surface area contributed by atoms with E-state index in [9.17, 15) is 10.1 Å². The van der Waals surface area contributed by atoms with Crippen LogP contribution in [-0.4, -0.2) is 27.3 Å². The number of benzene rings is 1. The van der Waals surface area contributed by atoms with Crippen LogP contribution in [0.2, 0.25) is 0 Å². The lowest BCUT2D eigenvalue weighted by molar-refractivity contribution is -0.383. The van der Waals surface area contributed by atoms with Gasteiger partial charge >= 0.3 is 5.69 Å². The number of fused-ring (bicyclic) bond motifs is 1. The second kappa shape index (κ2) is 4.41. The average Bonchev–Trinajstić information content (AvgIpc) is 3.17. The monoisotopic (exact) mass is 277 g/mol. The molecule has 1 heterocycles. The SMILES string of the molecule is CC(CN)(Nc1ccc([N+](=O)[O-])c2nonc12)C1CC1. The van der Waals surface area contributed by atoms with E-state index in [1.807, 2.05) is 6.92 Å². The molecule has 1 saturated carbocycles. The summed E-state index contributed by atoms with van der Waals surface area (Å²) in [4.78, 5) is 10.4. The molecule has 0 spiro atoms.